The van der Waals surface area contributed by atoms with E-state index < -0.39 is 0 Å². The molecule has 18 heavy (non-hydrogen) atoms. The predicted octanol–water partition coefficient (Wildman–Crippen LogP) is 2.84. The van der Waals surface area contributed by atoms with Crippen molar-refractivity contribution in [2.24, 2.45) is 0 Å². The van der Waals surface area contributed by atoms with Crippen LogP contribution in [0, 0.1) is 0 Å². The molecule has 1 aromatic rings. The number of nitrogens with zero attached hydrogens (tertiary/aromatic N) is 1. The van der Waals surface area contributed by atoms with Crippen molar-refractivity contribution in [3.05, 3.63) is 34.9 Å². The Morgan fingerprint density at radius 3 is 2.72 bits per heavy atom. The molecule has 0 saturated carbocycles. The molecule has 0 atom stereocenters. The van der Waals surface area contributed by atoms with Crippen molar-refractivity contribution in [1.82, 2.24) is 4.90 Å². The van der Waals surface area contributed by atoms with Gasteiger partial charge in [-0.05, 0) is 48.1 Å². The summed E-state index contributed by atoms with van der Waals surface area (Å²) < 4.78 is 0. The average molecular weight is 263 g/mol. The van der Waals surface area contributed by atoms with Gasteiger partial charge in [-0.3, -0.25) is 4.79 Å². The van der Waals surface area contributed by atoms with Crippen LogP contribution in [-0.2, 0) is 24.2 Å². The molecule has 0 fully saturated rings. The molecule has 1 aromatic carbocycles. The second-order valence-electron chi connectivity index (χ2n) is 5.03. The summed E-state index contributed by atoms with van der Waals surface area (Å²) in [6.45, 7) is 0.708. The lowest BCUT2D eigenvalue weighted by atomic mass is 9.90. The molecule has 2 rings (SSSR count). The van der Waals surface area contributed by atoms with Crippen LogP contribution >= 0.6 is 12.6 Å². The molecule has 0 aromatic heterocycles. The summed E-state index contributed by atoms with van der Waals surface area (Å²) in [5.41, 5.74) is 4.22. The standard InChI is InChI=1S/C15H21NOS/c1-16(15(17)8-9-18)11-12-6-7-13-4-2-3-5-14(13)10-12/h6-7,10,18H,2-5,8-9,11H2,1H3. The van der Waals surface area contributed by atoms with Gasteiger partial charge in [0.1, 0.15) is 0 Å². The predicted molar refractivity (Wildman–Crippen MR) is 78.0 cm³/mol. The van der Waals surface area contributed by atoms with Crippen LogP contribution < -0.4 is 0 Å². The Labute approximate surface area is 115 Å². The van der Waals surface area contributed by atoms with Gasteiger partial charge in [0, 0.05) is 20.0 Å². The monoisotopic (exact) mass is 263 g/mol. The molecule has 0 N–H and O–H groups in total. The highest BCUT2D eigenvalue weighted by Crippen LogP contribution is 2.22. The third-order valence-electron chi connectivity index (χ3n) is 3.58. The number of amides is 1. The molecule has 0 bridgehead atoms. The van der Waals surface area contributed by atoms with Crippen molar-refractivity contribution in [2.75, 3.05) is 12.8 Å². The Morgan fingerprint density at radius 1 is 1.28 bits per heavy atom. The highest BCUT2D eigenvalue weighted by Gasteiger charge is 2.12. The molecule has 1 aliphatic rings. The first-order valence-electron chi connectivity index (χ1n) is 6.66. The topological polar surface area (TPSA) is 20.3 Å². The second kappa shape index (κ2) is 6.28. The third-order valence-corrected chi connectivity index (χ3v) is 3.81. The van der Waals surface area contributed by atoms with Gasteiger partial charge in [-0.25, -0.2) is 0 Å². The van der Waals surface area contributed by atoms with Gasteiger partial charge in [0.15, 0.2) is 0 Å². The van der Waals surface area contributed by atoms with Gasteiger partial charge in [0.05, 0.1) is 0 Å². The first-order chi connectivity index (χ1) is 8.70. The van der Waals surface area contributed by atoms with Crippen LogP contribution in [0.4, 0.5) is 0 Å². The smallest absolute Gasteiger partial charge is 0.223 e. The van der Waals surface area contributed by atoms with Crippen LogP contribution in [0.25, 0.3) is 0 Å². The lowest BCUT2D eigenvalue weighted by molar-refractivity contribution is -0.129. The van der Waals surface area contributed by atoms with Crippen LogP contribution in [0.2, 0.25) is 0 Å². The zero-order chi connectivity index (χ0) is 13.0. The number of carbonyl (C=O) groups excluding carboxylic acids is 1. The fourth-order valence-electron chi connectivity index (χ4n) is 2.53. The second-order valence-corrected chi connectivity index (χ2v) is 5.48. The van der Waals surface area contributed by atoms with Crippen molar-refractivity contribution in [3.63, 3.8) is 0 Å². The zero-order valence-corrected chi connectivity index (χ0v) is 11.9. The molecule has 0 unspecified atom stereocenters. The number of hydrogen-bond donors (Lipinski definition) is 1. The number of benzene rings is 1. The van der Waals surface area contributed by atoms with Crippen LogP contribution in [0.1, 0.15) is 36.0 Å². The van der Waals surface area contributed by atoms with Crippen molar-refractivity contribution in [2.45, 2.75) is 38.6 Å². The van der Waals surface area contributed by atoms with E-state index >= 15 is 0 Å². The lowest BCUT2D eigenvalue weighted by Crippen LogP contribution is -2.26. The van der Waals surface area contributed by atoms with Crippen LogP contribution in [0.5, 0.6) is 0 Å². The summed E-state index contributed by atoms with van der Waals surface area (Å²) in [5, 5.41) is 0. The van der Waals surface area contributed by atoms with Gasteiger partial charge in [-0.1, -0.05) is 18.2 Å². The minimum atomic E-state index is 0.169. The molecule has 0 saturated heterocycles. The normalized spacial score (nSPS) is 14.1. The number of fused-ring (bicyclic) bond motifs is 1. The van der Waals surface area contributed by atoms with Gasteiger partial charge >= 0.3 is 0 Å². The van der Waals surface area contributed by atoms with E-state index in [0.29, 0.717) is 18.7 Å². The van der Waals surface area contributed by atoms with Crippen LogP contribution in [0.15, 0.2) is 18.2 Å². The molecule has 1 amide bonds. The maximum Gasteiger partial charge on any atom is 0.223 e. The first kappa shape index (κ1) is 13.5. The molecule has 0 aliphatic heterocycles. The maximum absolute atomic E-state index is 11.7. The van der Waals surface area contributed by atoms with E-state index in [2.05, 4.69) is 30.8 Å². The Morgan fingerprint density at radius 2 is 2.00 bits per heavy atom. The van der Waals surface area contributed by atoms with E-state index in [1.807, 2.05) is 7.05 Å². The Balaban J connectivity index is 2.03. The molecule has 3 heteroatoms. The molecule has 0 heterocycles. The van der Waals surface area contributed by atoms with Gasteiger partial charge in [-0.2, -0.15) is 12.6 Å². The Kier molecular flexibility index (Phi) is 4.70. The van der Waals surface area contributed by atoms with Gasteiger partial charge < -0.3 is 4.90 Å². The number of rotatable bonds is 4. The molecular formula is C15H21NOS. The van der Waals surface area contributed by atoms with E-state index in [9.17, 15) is 4.79 Å². The van der Waals surface area contributed by atoms with E-state index in [4.69, 9.17) is 0 Å². The van der Waals surface area contributed by atoms with Gasteiger partial charge in [-0.15, -0.1) is 0 Å². The first-order valence-corrected chi connectivity index (χ1v) is 7.29. The fraction of sp³-hybridized carbons (Fsp3) is 0.533. The van der Waals surface area contributed by atoms with Crippen LogP contribution in [-0.4, -0.2) is 23.6 Å². The summed E-state index contributed by atoms with van der Waals surface area (Å²) >= 11 is 4.10. The molecule has 1 aliphatic carbocycles. The summed E-state index contributed by atoms with van der Waals surface area (Å²) in [7, 11) is 1.87. The summed E-state index contributed by atoms with van der Waals surface area (Å²) in [6.07, 6.45) is 5.53. The molecule has 0 spiro atoms. The van der Waals surface area contributed by atoms with E-state index in [0.717, 1.165) is 0 Å². The highest BCUT2D eigenvalue weighted by atomic mass is 32.1. The van der Waals surface area contributed by atoms with Crippen molar-refractivity contribution in [3.8, 4) is 0 Å². The van der Waals surface area contributed by atoms with Gasteiger partial charge in [0.25, 0.3) is 0 Å². The van der Waals surface area contributed by atoms with Crippen molar-refractivity contribution < 1.29 is 4.79 Å². The van der Waals surface area contributed by atoms with Crippen molar-refractivity contribution in [1.29, 1.82) is 0 Å². The Bertz CT molecular complexity index is 431. The molecule has 98 valence electrons. The summed E-state index contributed by atoms with van der Waals surface area (Å²) in [4.78, 5) is 13.5. The average Bonchev–Trinajstić information content (AvgIpc) is 2.39. The fourth-order valence-corrected chi connectivity index (χ4v) is 2.72. The molecule has 0 radical (unpaired) electrons. The summed E-state index contributed by atoms with van der Waals surface area (Å²) in [6, 6.07) is 6.67. The third kappa shape index (κ3) is 3.29. The number of thiol groups is 1. The lowest BCUT2D eigenvalue weighted by Gasteiger charge is -2.20. The zero-order valence-electron chi connectivity index (χ0n) is 11.0. The van der Waals surface area contributed by atoms with E-state index in [1.165, 1.54) is 42.4 Å². The van der Waals surface area contributed by atoms with E-state index in [-0.39, 0.29) is 5.91 Å². The quantitative estimate of drug-likeness (QED) is 0.828. The maximum atomic E-state index is 11.7. The minimum absolute atomic E-state index is 0.169. The minimum Gasteiger partial charge on any atom is -0.341 e. The van der Waals surface area contributed by atoms with E-state index in [1.54, 1.807) is 4.90 Å². The van der Waals surface area contributed by atoms with Crippen molar-refractivity contribution >= 4 is 18.5 Å². The number of carbonyl (C=O) groups is 1. The molecule has 2 nitrogen and oxygen atoms in total. The Hall–Kier alpha value is -0.960. The van der Waals surface area contributed by atoms with Gasteiger partial charge in [0.2, 0.25) is 5.91 Å². The molecular weight excluding hydrogens is 242 g/mol. The number of aryl methyl sites for hydroxylation is 2. The SMILES string of the molecule is CN(Cc1ccc2c(c1)CCCC2)C(=O)CCS. The highest BCUT2D eigenvalue weighted by molar-refractivity contribution is 7.80. The number of hydrogen-bond acceptors (Lipinski definition) is 2. The van der Waals surface area contributed by atoms with Crippen LogP contribution in [0.3, 0.4) is 0 Å². The largest absolute Gasteiger partial charge is 0.341 e. The summed E-state index contributed by atoms with van der Waals surface area (Å²) in [5.74, 6) is 0.788.